The lowest BCUT2D eigenvalue weighted by Gasteiger charge is -2.42. The summed E-state index contributed by atoms with van der Waals surface area (Å²) >= 11 is 0. The van der Waals surface area contributed by atoms with E-state index in [2.05, 4.69) is 219 Å². The predicted octanol–water partition coefficient (Wildman–Crippen LogP) is 15.2. The van der Waals surface area contributed by atoms with Crippen LogP contribution in [-0.4, -0.2) is 11.4 Å². The molecular formula is C56H48N4. The first-order chi connectivity index (χ1) is 29.4. The molecule has 8 aromatic rings. The van der Waals surface area contributed by atoms with E-state index >= 15 is 0 Å². The summed E-state index contributed by atoms with van der Waals surface area (Å²) in [7, 11) is 0. The second-order valence-electron chi connectivity index (χ2n) is 16.5. The highest BCUT2D eigenvalue weighted by molar-refractivity contribution is 6.05. The lowest BCUT2D eigenvalue weighted by atomic mass is 9.73. The summed E-state index contributed by atoms with van der Waals surface area (Å²) in [6, 6.07) is 66.0. The standard InChI is InChI=1S/C56H48N4/c1-5-39-15-7-11-21-50(39)57-38(2)43-28-36-55-49(37-43)56(3,4)48-20-10-13-23-54(48)60(55)46-33-31-45(32-34-46)59(53-24-14-18-40-16-6-9-19-47(40)53)44-29-25-42(26-30-44)52-35-27-41-17-8-12-22-51(41)58-52/h6-26,28-34,36-37H,5,27,35H2,1-4H3. The van der Waals surface area contributed by atoms with Gasteiger partial charge < -0.3 is 9.80 Å². The van der Waals surface area contributed by atoms with Crippen LogP contribution >= 0.6 is 0 Å². The molecule has 292 valence electrons. The smallest absolute Gasteiger partial charge is 0.0665 e. The quantitative estimate of drug-likeness (QED) is 0.144. The van der Waals surface area contributed by atoms with Crippen LogP contribution in [0.1, 0.15) is 67.5 Å². The Hall–Kier alpha value is -7.04. The molecule has 0 fully saturated rings. The van der Waals surface area contributed by atoms with E-state index in [-0.39, 0.29) is 5.41 Å². The number of hydrogen-bond donors (Lipinski definition) is 0. The molecule has 0 saturated heterocycles. The van der Waals surface area contributed by atoms with Crippen molar-refractivity contribution in [3.05, 3.63) is 215 Å². The molecule has 4 nitrogen and oxygen atoms in total. The van der Waals surface area contributed by atoms with Crippen molar-refractivity contribution >= 4 is 67.7 Å². The number of fused-ring (bicyclic) bond motifs is 4. The minimum Gasteiger partial charge on any atom is -0.310 e. The maximum Gasteiger partial charge on any atom is 0.0665 e. The number of rotatable bonds is 8. The van der Waals surface area contributed by atoms with Crippen LogP contribution < -0.4 is 9.80 Å². The van der Waals surface area contributed by atoms with Crippen LogP contribution in [0.3, 0.4) is 0 Å². The van der Waals surface area contributed by atoms with Crippen molar-refractivity contribution in [3.63, 3.8) is 0 Å². The number of hydrogen-bond acceptors (Lipinski definition) is 4. The maximum atomic E-state index is 5.14. The fourth-order valence-electron chi connectivity index (χ4n) is 9.25. The Kier molecular flexibility index (Phi) is 9.49. The van der Waals surface area contributed by atoms with Crippen molar-refractivity contribution in [2.75, 3.05) is 9.80 Å². The molecule has 0 spiro atoms. The molecule has 10 rings (SSSR count). The highest BCUT2D eigenvalue weighted by Gasteiger charge is 2.37. The molecule has 0 saturated carbocycles. The lowest BCUT2D eigenvalue weighted by Crippen LogP contribution is -2.31. The van der Waals surface area contributed by atoms with Gasteiger partial charge in [0.2, 0.25) is 0 Å². The second-order valence-corrected chi connectivity index (χ2v) is 16.5. The Balaban J connectivity index is 1.05. The largest absolute Gasteiger partial charge is 0.310 e. The van der Waals surface area contributed by atoms with E-state index in [9.17, 15) is 0 Å². The molecule has 0 aliphatic carbocycles. The first-order valence-corrected chi connectivity index (χ1v) is 21.2. The minimum absolute atomic E-state index is 0.218. The fourth-order valence-corrected chi connectivity index (χ4v) is 9.25. The van der Waals surface area contributed by atoms with Gasteiger partial charge in [-0.3, -0.25) is 9.98 Å². The summed E-state index contributed by atoms with van der Waals surface area (Å²) in [6.45, 7) is 9.02. The molecule has 60 heavy (non-hydrogen) atoms. The summed E-state index contributed by atoms with van der Waals surface area (Å²) in [4.78, 5) is 15.0. The molecule has 0 unspecified atom stereocenters. The van der Waals surface area contributed by atoms with Crippen LogP contribution in [0.2, 0.25) is 0 Å². The molecule has 0 atom stereocenters. The molecule has 0 radical (unpaired) electrons. The molecule has 4 heteroatoms. The van der Waals surface area contributed by atoms with Gasteiger partial charge in [-0.2, -0.15) is 0 Å². The fraction of sp³-hybridized carbons (Fsp3) is 0.143. The summed E-state index contributed by atoms with van der Waals surface area (Å²) in [6.07, 6.45) is 2.90. The van der Waals surface area contributed by atoms with Crippen molar-refractivity contribution in [2.45, 2.75) is 52.4 Å². The van der Waals surface area contributed by atoms with Gasteiger partial charge in [0.15, 0.2) is 0 Å². The topological polar surface area (TPSA) is 31.2 Å². The van der Waals surface area contributed by atoms with Gasteiger partial charge in [0.1, 0.15) is 0 Å². The zero-order valence-electron chi connectivity index (χ0n) is 34.7. The Labute approximate surface area is 353 Å². The van der Waals surface area contributed by atoms with E-state index in [4.69, 9.17) is 9.98 Å². The highest BCUT2D eigenvalue weighted by atomic mass is 15.2. The van der Waals surface area contributed by atoms with Crippen molar-refractivity contribution in [1.29, 1.82) is 0 Å². The van der Waals surface area contributed by atoms with Crippen LogP contribution in [0.25, 0.3) is 10.8 Å². The zero-order chi connectivity index (χ0) is 40.8. The van der Waals surface area contributed by atoms with Crippen LogP contribution in [0.5, 0.6) is 0 Å². The van der Waals surface area contributed by atoms with Gasteiger partial charge in [0.05, 0.1) is 28.4 Å². The van der Waals surface area contributed by atoms with E-state index in [1.54, 1.807) is 0 Å². The molecular weight excluding hydrogens is 729 g/mol. The first kappa shape index (κ1) is 37.2. The molecule has 2 heterocycles. The molecule has 8 aromatic carbocycles. The molecule has 0 bridgehead atoms. The molecule has 0 aromatic heterocycles. The Bertz CT molecular complexity index is 2950. The second kappa shape index (κ2) is 15.3. The molecule has 0 N–H and O–H groups in total. The third-order valence-electron chi connectivity index (χ3n) is 12.5. The number of anilines is 6. The summed E-state index contributed by atoms with van der Waals surface area (Å²) in [5, 5.41) is 2.41. The third-order valence-corrected chi connectivity index (χ3v) is 12.5. The number of para-hydroxylation sites is 3. The number of benzene rings is 8. The van der Waals surface area contributed by atoms with Gasteiger partial charge >= 0.3 is 0 Å². The van der Waals surface area contributed by atoms with Gasteiger partial charge in [-0.05, 0) is 138 Å². The van der Waals surface area contributed by atoms with E-state index < -0.39 is 0 Å². The van der Waals surface area contributed by atoms with Crippen LogP contribution in [0.4, 0.5) is 45.5 Å². The van der Waals surface area contributed by atoms with Gasteiger partial charge in [-0.1, -0.05) is 130 Å². The Morgan fingerprint density at radius 1 is 0.650 bits per heavy atom. The number of aliphatic imine (C=N–C) groups is 2. The maximum absolute atomic E-state index is 5.14. The average Bonchev–Trinajstić information content (AvgIpc) is 3.30. The molecule has 0 amide bonds. The van der Waals surface area contributed by atoms with Crippen LogP contribution in [0, 0.1) is 0 Å². The highest BCUT2D eigenvalue weighted by Crippen LogP contribution is 2.52. The number of nitrogens with zero attached hydrogens (tertiary/aromatic N) is 4. The molecule has 2 aliphatic heterocycles. The SMILES string of the molecule is CCc1ccccc1N=C(C)c1ccc2c(c1)C(C)(C)c1ccccc1N2c1ccc(N(c2ccc(C3=Nc4ccccc4CC3)cc2)c2cccc3ccccc23)cc1. The van der Waals surface area contributed by atoms with Crippen molar-refractivity contribution in [3.8, 4) is 0 Å². The summed E-state index contributed by atoms with van der Waals surface area (Å²) < 4.78 is 0. The van der Waals surface area contributed by atoms with E-state index in [0.717, 1.165) is 70.4 Å². The predicted molar refractivity (Wildman–Crippen MR) is 254 cm³/mol. The van der Waals surface area contributed by atoms with Crippen molar-refractivity contribution in [1.82, 2.24) is 0 Å². The monoisotopic (exact) mass is 776 g/mol. The normalized spacial score (nSPS) is 14.2. The Morgan fingerprint density at radius 2 is 1.33 bits per heavy atom. The van der Waals surface area contributed by atoms with Gasteiger partial charge in [0, 0.05) is 39.3 Å². The van der Waals surface area contributed by atoms with E-state index in [1.165, 1.54) is 50.0 Å². The average molecular weight is 777 g/mol. The van der Waals surface area contributed by atoms with Crippen LogP contribution in [-0.2, 0) is 18.3 Å². The van der Waals surface area contributed by atoms with Gasteiger partial charge in [-0.15, -0.1) is 0 Å². The Morgan fingerprint density at radius 3 is 2.17 bits per heavy atom. The lowest BCUT2D eigenvalue weighted by molar-refractivity contribution is 0.631. The van der Waals surface area contributed by atoms with E-state index in [1.807, 2.05) is 0 Å². The van der Waals surface area contributed by atoms with Gasteiger partial charge in [0.25, 0.3) is 0 Å². The van der Waals surface area contributed by atoms with E-state index in [0.29, 0.717) is 0 Å². The van der Waals surface area contributed by atoms with Crippen molar-refractivity contribution in [2.24, 2.45) is 9.98 Å². The van der Waals surface area contributed by atoms with Crippen molar-refractivity contribution < 1.29 is 0 Å². The number of aryl methyl sites for hydroxylation is 2. The van der Waals surface area contributed by atoms with Crippen LogP contribution in [0.15, 0.2) is 192 Å². The zero-order valence-corrected chi connectivity index (χ0v) is 34.7. The third kappa shape index (κ3) is 6.59. The molecule has 2 aliphatic rings. The van der Waals surface area contributed by atoms with Gasteiger partial charge in [-0.25, -0.2) is 0 Å². The first-order valence-electron chi connectivity index (χ1n) is 21.2. The summed E-state index contributed by atoms with van der Waals surface area (Å²) in [5.74, 6) is 0. The minimum atomic E-state index is -0.218. The summed E-state index contributed by atoms with van der Waals surface area (Å²) in [5.41, 5.74) is 18.4.